The SMILES string of the molecule is Cc1ccc2c(oc3c2ccc2oc4ccccc4c23)c1C(C)(C)C. The maximum absolute atomic E-state index is 6.51. The molecule has 25 heavy (non-hydrogen) atoms. The Hall–Kier alpha value is -2.74. The van der Waals surface area contributed by atoms with Gasteiger partial charge in [0.15, 0.2) is 0 Å². The molecule has 0 aliphatic rings. The topological polar surface area (TPSA) is 26.3 Å². The minimum absolute atomic E-state index is 0.0229. The second-order valence-corrected chi connectivity index (χ2v) is 7.90. The van der Waals surface area contributed by atoms with E-state index in [4.69, 9.17) is 8.83 Å². The third-order valence-corrected chi connectivity index (χ3v) is 5.11. The minimum Gasteiger partial charge on any atom is -0.456 e. The van der Waals surface area contributed by atoms with Gasteiger partial charge in [0.05, 0.1) is 5.39 Å². The molecule has 5 aromatic rings. The molecule has 0 bridgehead atoms. The normalized spacial score (nSPS) is 12.8. The highest BCUT2D eigenvalue weighted by atomic mass is 16.3. The number of hydrogen-bond donors (Lipinski definition) is 0. The molecule has 2 heteroatoms. The van der Waals surface area contributed by atoms with E-state index in [9.17, 15) is 0 Å². The first-order valence-electron chi connectivity index (χ1n) is 8.72. The Morgan fingerprint density at radius 3 is 2.20 bits per heavy atom. The van der Waals surface area contributed by atoms with Crippen molar-refractivity contribution in [3.05, 3.63) is 59.7 Å². The molecule has 0 radical (unpaired) electrons. The summed E-state index contributed by atoms with van der Waals surface area (Å²) in [5.74, 6) is 0. The zero-order valence-corrected chi connectivity index (χ0v) is 14.9. The second-order valence-electron chi connectivity index (χ2n) is 7.90. The van der Waals surface area contributed by atoms with Crippen molar-refractivity contribution >= 4 is 43.9 Å². The fraction of sp³-hybridized carbons (Fsp3) is 0.217. The van der Waals surface area contributed by atoms with E-state index >= 15 is 0 Å². The van der Waals surface area contributed by atoms with Crippen LogP contribution in [0.25, 0.3) is 43.9 Å². The van der Waals surface area contributed by atoms with Crippen LogP contribution in [0.3, 0.4) is 0 Å². The zero-order chi connectivity index (χ0) is 17.3. The number of para-hydroxylation sites is 1. The average molecular weight is 328 g/mol. The number of aryl methyl sites for hydroxylation is 1. The van der Waals surface area contributed by atoms with Crippen molar-refractivity contribution in [2.24, 2.45) is 0 Å². The van der Waals surface area contributed by atoms with Crippen molar-refractivity contribution in [3.8, 4) is 0 Å². The maximum atomic E-state index is 6.51. The highest BCUT2D eigenvalue weighted by Gasteiger charge is 2.24. The molecule has 2 nitrogen and oxygen atoms in total. The molecular formula is C23H20O2. The summed E-state index contributed by atoms with van der Waals surface area (Å²) in [4.78, 5) is 0. The highest BCUT2D eigenvalue weighted by Crippen LogP contribution is 2.42. The first-order valence-corrected chi connectivity index (χ1v) is 8.72. The Morgan fingerprint density at radius 1 is 0.680 bits per heavy atom. The van der Waals surface area contributed by atoms with E-state index in [1.165, 1.54) is 16.5 Å². The van der Waals surface area contributed by atoms with Gasteiger partial charge in [0.1, 0.15) is 22.3 Å². The molecule has 3 aromatic carbocycles. The largest absolute Gasteiger partial charge is 0.456 e. The van der Waals surface area contributed by atoms with Gasteiger partial charge in [-0.25, -0.2) is 0 Å². The van der Waals surface area contributed by atoms with Gasteiger partial charge in [0.25, 0.3) is 0 Å². The number of rotatable bonds is 0. The van der Waals surface area contributed by atoms with E-state index < -0.39 is 0 Å². The van der Waals surface area contributed by atoms with Crippen LogP contribution in [-0.4, -0.2) is 0 Å². The summed E-state index contributed by atoms with van der Waals surface area (Å²) in [5.41, 5.74) is 6.28. The Bertz CT molecular complexity index is 1280. The molecule has 2 aromatic heterocycles. The van der Waals surface area contributed by atoms with E-state index in [0.29, 0.717) is 0 Å². The van der Waals surface area contributed by atoms with Crippen molar-refractivity contribution in [2.45, 2.75) is 33.1 Å². The van der Waals surface area contributed by atoms with Crippen LogP contribution in [0.5, 0.6) is 0 Å². The molecular weight excluding hydrogens is 308 g/mol. The Kier molecular flexibility index (Phi) is 2.72. The standard InChI is InChI=1S/C23H20O2/c1-13-9-10-15-14-11-12-18-19(16-7-5-6-8-17(16)24-18)21(14)25-22(15)20(13)23(2,3)4/h5-12H,1-4H3. The van der Waals surface area contributed by atoms with Gasteiger partial charge in [-0.1, -0.05) is 51.1 Å². The Morgan fingerprint density at radius 2 is 1.40 bits per heavy atom. The van der Waals surface area contributed by atoms with Crippen molar-refractivity contribution in [3.63, 3.8) is 0 Å². The summed E-state index contributed by atoms with van der Waals surface area (Å²) >= 11 is 0. The molecule has 0 saturated heterocycles. The summed E-state index contributed by atoms with van der Waals surface area (Å²) < 4.78 is 12.5. The van der Waals surface area contributed by atoms with Gasteiger partial charge in [-0.05, 0) is 36.1 Å². The molecule has 0 spiro atoms. The molecule has 124 valence electrons. The van der Waals surface area contributed by atoms with Gasteiger partial charge >= 0.3 is 0 Å². The number of benzene rings is 3. The first kappa shape index (κ1) is 14.6. The lowest BCUT2D eigenvalue weighted by molar-refractivity contribution is 0.569. The van der Waals surface area contributed by atoms with Crippen LogP contribution in [0.2, 0.25) is 0 Å². The summed E-state index contributed by atoms with van der Waals surface area (Å²) in [6, 6.07) is 16.7. The second kappa shape index (κ2) is 4.66. The van der Waals surface area contributed by atoms with E-state index in [1.807, 2.05) is 18.2 Å². The van der Waals surface area contributed by atoms with Crippen molar-refractivity contribution < 1.29 is 8.83 Å². The van der Waals surface area contributed by atoms with Crippen molar-refractivity contribution in [1.82, 2.24) is 0 Å². The summed E-state index contributed by atoms with van der Waals surface area (Å²) in [6.45, 7) is 8.89. The monoisotopic (exact) mass is 328 g/mol. The van der Waals surface area contributed by atoms with Crippen molar-refractivity contribution in [1.29, 1.82) is 0 Å². The van der Waals surface area contributed by atoms with E-state index in [0.717, 1.165) is 38.5 Å². The van der Waals surface area contributed by atoms with Gasteiger partial charge in [-0.3, -0.25) is 0 Å². The number of furan rings is 2. The summed E-state index contributed by atoms with van der Waals surface area (Å²) in [7, 11) is 0. The third-order valence-electron chi connectivity index (χ3n) is 5.11. The van der Waals surface area contributed by atoms with Crippen molar-refractivity contribution in [2.75, 3.05) is 0 Å². The fourth-order valence-electron chi connectivity index (χ4n) is 4.14. The predicted molar refractivity (Wildman–Crippen MR) is 104 cm³/mol. The lowest BCUT2D eigenvalue weighted by atomic mass is 9.83. The van der Waals surface area contributed by atoms with Crippen LogP contribution >= 0.6 is 0 Å². The van der Waals surface area contributed by atoms with Crippen LogP contribution in [0.1, 0.15) is 31.9 Å². The maximum Gasteiger partial charge on any atom is 0.147 e. The molecule has 0 unspecified atom stereocenters. The molecule has 5 rings (SSSR count). The van der Waals surface area contributed by atoms with Gasteiger partial charge in [0.2, 0.25) is 0 Å². The predicted octanol–water partition coefficient (Wildman–Crippen LogP) is 7.09. The third kappa shape index (κ3) is 1.91. The van der Waals surface area contributed by atoms with E-state index in [2.05, 4.69) is 58.0 Å². The Balaban J connectivity index is 2.04. The zero-order valence-electron chi connectivity index (χ0n) is 14.9. The van der Waals surface area contributed by atoms with Crippen LogP contribution in [-0.2, 0) is 5.41 Å². The lowest BCUT2D eigenvalue weighted by Crippen LogP contribution is -2.13. The first-order chi connectivity index (χ1) is 11.9. The van der Waals surface area contributed by atoms with Gasteiger partial charge in [0, 0.05) is 21.7 Å². The quantitative estimate of drug-likeness (QED) is 0.303. The minimum atomic E-state index is 0.0229. The van der Waals surface area contributed by atoms with Gasteiger partial charge < -0.3 is 8.83 Å². The Labute approximate surface area is 146 Å². The van der Waals surface area contributed by atoms with Crippen LogP contribution in [0.15, 0.2) is 57.4 Å². The van der Waals surface area contributed by atoms with Crippen LogP contribution in [0.4, 0.5) is 0 Å². The molecule has 0 atom stereocenters. The summed E-state index contributed by atoms with van der Waals surface area (Å²) in [6.07, 6.45) is 0. The molecule has 0 N–H and O–H groups in total. The van der Waals surface area contributed by atoms with Crippen LogP contribution in [0, 0.1) is 6.92 Å². The molecule has 0 fully saturated rings. The molecule has 0 aliphatic heterocycles. The van der Waals surface area contributed by atoms with Crippen LogP contribution < -0.4 is 0 Å². The average Bonchev–Trinajstić information content (AvgIpc) is 3.10. The van der Waals surface area contributed by atoms with Gasteiger partial charge in [-0.2, -0.15) is 0 Å². The molecule has 0 saturated carbocycles. The molecule has 0 amide bonds. The molecule has 0 aliphatic carbocycles. The highest BCUT2D eigenvalue weighted by molar-refractivity contribution is 6.22. The van der Waals surface area contributed by atoms with E-state index in [-0.39, 0.29) is 5.41 Å². The number of fused-ring (bicyclic) bond motifs is 7. The van der Waals surface area contributed by atoms with Gasteiger partial charge in [-0.15, -0.1) is 0 Å². The number of hydrogen-bond acceptors (Lipinski definition) is 2. The lowest BCUT2D eigenvalue weighted by Gasteiger charge is -2.21. The smallest absolute Gasteiger partial charge is 0.147 e. The fourth-order valence-corrected chi connectivity index (χ4v) is 4.14. The molecule has 2 heterocycles. The summed E-state index contributed by atoms with van der Waals surface area (Å²) in [5, 5.41) is 4.51. The van der Waals surface area contributed by atoms with E-state index in [1.54, 1.807) is 0 Å².